The number of aliphatic carboxylic acids is 2. The Labute approximate surface area is 446 Å². The van der Waals surface area contributed by atoms with Crippen LogP contribution in [0.15, 0.2) is 97.1 Å². The molecule has 0 saturated carbocycles. The lowest BCUT2D eigenvalue weighted by molar-refractivity contribution is -0.193. The first kappa shape index (κ1) is 58.5. The van der Waals surface area contributed by atoms with Crippen molar-refractivity contribution < 1.29 is 46.1 Å². The van der Waals surface area contributed by atoms with Crippen LogP contribution in [0.2, 0.25) is 10.0 Å². The highest BCUT2D eigenvalue weighted by molar-refractivity contribution is 6.31. The van der Waals surface area contributed by atoms with Crippen molar-refractivity contribution in [2.75, 3.05) is 36.8 Å². The molecule has 4 aromatic carbocycles. The maximum absolute atomic E-state index is 10.6. The van der Waals surface area contributed by atoms with Crippen LogP contribution >= 0.6 is 23.2 Å². The van der Waals surface area contributed by atoms with Gasteiger partial charge >= 0.3 is 24.3 Å². The summed E-state index contributed by atoms with van der Waals surface area (Å²) in [5, 5.41) is 44.1. The Kier molecular flexibility index (Phi) is 19.6. The molecule has 0 saturated heterocycles. The van der Waals surface area contributed by atoms with Crippen LogP contribution in [-0.4, -0.2) is 102 Å². The third-order valence-electron chi connectivity index (χ3n) is 13.0. The van der Waals surface area contributed by atoms with Crippen molar-refractivity contribution in [1.29, 1.82) is 0 Å². The topological polar surface area (TPSA) is 175 Å². The molecule has 76 heavy (non-hydrogen) atoms. The van der Waals surface area contributed by atoms with Crippen molar-refractivity contribution in [3.63, 3.8) is 0 Å². The standard InChI is InChI=1S/C26H30ClN5.C23H24ClN5.2C2HF3O2.CH4/c1-17(2)31-12-9-19(10-13-31)20-7-8-23-24(15-20)25(28-22-6-4-5-21(27)16-22)11-14-32-26(23)18(3)29-30-32;1-15-23-20-6-5-17(16-7-10-25-11-8-16)13-21(20)22(9-12-29(23)28-27-15)26-19-4-2-3-18(24)14-19;2*3-2(4,5)1(6)7;/h4-9,15-17,25,28H,10-14H2,1-3H3;2-7,13-14,22,25-26H,8-12H2,1H3;2*(H,6,7);1H4/t25-;22-;;;/m11.../s1. The Bertz CT molecular complexity index is 3040. The number of benzene rings is 4. The second-order valence-corrected chi connectivity index (χ2v) is 19.3. The molecule has 0 unspecified atom stereocenters. The first-order valence-electron chi connectivity index (χ1n) is 24.1. The first-order chi connectivity index (χ1) is 35.6. The minimum absolute atomic E-state index is 0. The summed E-state index contributed by atoms with van der Waals surface area (Å²) in [6.45, 7) is 14.4. The summed E-state index contributed by atoms with van der Waals surface area (Å²) >= 11 is 12.5. The molecule has 6 aromatic rings. The van der Waals surface area contributed by atoms with Crippen molar-refractivity contribution in [2.45, 2.75) is 104 Å². The van der Waals surface area contributed by atoms with Crippen molar-refractivity contribution in [1.82, 2.24) is 40.2 Å². The lowest BCUT2D eigenvalue weighted by Crippen LogP contribution is -2.34. The van der Waals surface area contributed by atoms with Crippen molar-refractivity contribution in [3.05, 3.63) is 141 Å². The van der Waals surface area contributed by atoms with Gasteiger partial charge in [0.15, 0.2) is 0 Å². The van der Waals surface area contributed by atoms with Crippen LogP contribution in [0.5, 0.6) is 0 Å². The lowest BCUT2D eigenvalue weighted by Gasteiger charge is -2.30. The van der Waals surface area contributed by atoms with E-state index < -0.39 is 24.3 Å². The van der Waals surface area contributed by atoms with E-state index in [1.165, 1.54) is 44.5 Å². The molecule has 4 aliphatic rings. The maximum Gasteiger partial charge on any atom is 0.490 e. The third kappa shape index (κ3) is 14.8. The van der Waals surface area contributed by atoms with Crippen molar-refractivity contribution in [2.24, 2.45) is 0 Å². The monoisotopic (exact) mass is 1100 g/mol. The summed E-state index contributed by atoms with van der Waals surface area (Å²) in [5.41, 5.74) is 16.8. The number of carbonyl (C=O) groups is 2. The maximum atomic E-state index is 10.6. The Morgan fingerprint density at radius 1 is 0.671 bits per heavy atom. The minimum atomic E-state index is -5.08. The number of nitrogens with one attached hydrogen (secondary N) is 3. The highest BCUT2D eigenvalue weighted by atomic mass is 35.5. The molecule has 0 fully saturated rings. The van der Waals surface area contributed by atoms with Gasteiger partial charge in [-0.05, 0) is 142 Å². The number of carboxylic acids is 2. The molecule has 10 rings (SSSR count). The molecule has 22 heteroatoms. The van der Waals surface area contributed by atoms with E-state index >= 15 is 0 Å². The summed E-state index contributed by atoms with van der Waals surface area (Å²) in [6, 6.07) is 30.6. The molecule has 4 aliphatic heterocycles. The molecule has 2 aromatic heterocycles. The molecular formula is C54H60Cl2F6N10O4. The van der Waals surface area contributed by atoms with E-state index in [0.717, 1.165) is 109 Å². The van der Waals surface area contributed by atoms with Gasteiger partial charge in [0.05, 0.1) is 34.9 Å². The molecule has 0 spiro atoms. The average molecular weight is 1100 g/mol. The van der Waals surface area contributed by atoms with Crippen molar-refractivity contribution >= 4 is 57.7 Å². The van der Waals surface area contributed by atoms with Gasteiger partial charge in [-0.25, -0.2) is 19.0 Å². The average Bonchev–Trinajstić information content (AvgIpc) is 3.84. The molecule has 6 heterocycles. The Morgan fingerprint density at radius 2 is 1.12 bits per heavy atom. The molecule has 0 radical (unpaired) electrons. The van der Waals surface area contributed by atoms with Crippen LogP contribution in [0.3, 0.4) is 0 Å². The van der Waals surface area contributed by atoms with E-state index in [0.29, 0.717) is 6.04 Å². The Balaban J connectivity index is 0.000000196. The van der Waals surface area contributed by atoms with Gasteiger partial charge in [-0.2, -0.15) is 26.3 Å². The molecule has 406 valence electrons. The predicted molar refractivity (Wildman–Crippen MR) is 284 cm³/mol. The largest absolute Gasteiger partial charge is 0.490 e. The van der Waals surface area contributed by atoms with Gasteiger partial charge in [0.25, 0.3) is 0 Å². The number of hydrogen-bond acceptors (Lipinski definition) is 10. The van der Waals surface area contributed by atoms with Crippen LogP contribution in [0.25, 0.3) is 33.7 Å². The van der Waals surface area contributed by atoms with E-state index in [9.17, 15) is 26.3 Å². The number of hydrogen-bond donors (Lipinski definition) is 5. The molecule has 0 aliphatic carbocycles. The molecule has 0 bridgehead atoms. The summed E-state index contributed by atoms with van der Waals surface area (Å²) in [7, 11) is 0. The molecule has 2 atom stereocenters. The second kappa shape index (κ2) is 25.4. The highest BCUT2D eigenvalue weighted by Gasteiger charge is 2.39. The number of aromatic nitrogens is 6. The van der Waals surface area contributed by atoms with E-state index in [1.807, 2.05) is 59.6 Å². The number of anilines is 2. The Hall–Kier alpha value is -6.74. The summed E-state index contributed by atoms with van der Waals surface area (Å²) in [6.07, 6.45) is -1.46. The fourth-order valence-corrected chi connectivity index (χ4v) is 9.67. The number of alkyl halides is 6. The van der Waals surface area contributed by atoms with Crippen LogP contribution in [-0.2, 0) is 22.7 Å². The smallest absolute Gasteiger partial charge is 0.475 e. The van der Waals surface area contributed by atoms with E-state index in [4.69, 9.17) is 43.0 Å². The fraction of sp³-hybridized carbons (Fsp3) is 0.370. The molecular weight excluding hydrogens is 1040 g/mol. The number of carboxylic acid groups (broad SMARTS) is 2. The third-order valence-corrected chi connectivity index (χ3v) is 13.5. The number of nitrogens with zero attached hydrogens (tertiary/aromatic N) is 7. The first-order valence-corrected chi connectivity index (χ1v) is 24.9. The summed E-state index contributed by atoms with van der Waals surface area (Å²) in [5.74, 6) is -5.51. The van der Waals surface area contributed by atoms with Gasteiger partial charge in [-0.15, -0.1) is 10.2 Å². The number of rotatable bonds is 7. The van der Waals surface area contributed by atoms with E-state index in [1.54, 1.807) is 0 Å². The zero-order valence-electron chi connectivity index (χ0n) is 41.4. The fourth-order valence-electron chi connectivity index (χ4n) is 9.29. The SMILES string of the molecule is C.Cc1nnn2c1-c1ccc(C3=CCN(C(C)C)CC3)cc1[C@H](Nc1cccc(Cl)c1)CC2.Cc1nnn2c1-c1ccc(C3=CCNCC3)cc1[C@H](Nc1cccc(Cl)c1)CC2.O=C(O)C(F)(F)F.O=C(O)C(F)(F)F. The number of halogens is 8. The van der Waals surface area contributed by atoms with Crippen LogP contribution in [0, 0.1) is 13.8 Å². The normalized spacial score (nSPS) is 17.0. The summed E-state index contributed by atoms with van der Waals surface area (Å²) in [4.78, 5) is 20.3. The van der Waals surface area contributed by atoms with E-state index in [2.05, 4.69) is 116 Å². The molecule has 5 N–H and O–H groups in total. The Morgan fingerprint density at radius 3 is 1.49 bits per heavy atom. The van der Waals surface area contributed by atoms with Gasteiger partial charge < -0.3 is 26.2 Å². The predicted octanol–water partition coefficient (Wildman–Crippen LogP) is 12.7. The van der Waals surface area contributed by atoms with Crippen LogP contribution in [0.4, 0.5) is 37.7 Å². The van der Waals surface area contributed by atoms with Crippen LogP contribution in [0.1, 0.15) is 92.7 Å². The minimum Gasteiger partial charge on any atom is -0.475 e. The lowest BCUT2D eigenvalue weighted by atomic mass is 9.90. The molecule has 0 amide bonds. The number of aryl methyl sites for hydroxylation is 4. The van der Waals surface area contributed by atoms with Gasteiger partial charge in [-0.1, -0.05) is 89.6 Å². The van der Waals surface area contributed by atoms with Gasteiger partial charge in [0, 0.05) is 71.3 Å². The highest BCUT2D eigenvalue weighted by Crippen LogP contribution is 2.41. The zero-order valence-corrected chi connectivity index (χ0v) is 42.9. The quantitative estimate of drug-likeness (QED) is 0.0959. The van der Waals surface area contributed by atoms with Crippen molar-refractivity contribution in [3.8, 4) is 22.5 Å². The summed E-state index contributed by atoms with van der Waals surface area (Å²) < 4.78 is 67.6. The zero-order chi connectivity index (χ0) is 54.2. The van der Waals surface area contributed by atoms with Gasteiger partial charge in [-0.3, -0.25) is 4.90 Å². The van der Waals surface area contributed by atoms with E-state index in [-0.39, 0.29) is 19.5 Å². The van der Waals surface area contributed by atoms with Crippen LogP contribution < -0.4 is 16.0 Å². The molecule has 14 nitrogen and oxygen atoms in total. The van der Waals surface area contributed by atoms with Gasteiger partial charge in [0.2, 0.25) is 0 Å². The second-order valence-electron chi connectivity index (χ2n) is 18.4. The number of fused-ring (bicyclic) bond motifs is 6. The van der Waals surface area contributed by atoms with Gasteiger partial charge in [0.1, 0.15) is 0 Å².